The number of ether oxygens (including phenoxy) is 2. The van der Waals surface area contributed by atoms with Gasteiger partial charge in [-0.15, -0.1) is 0 Å². The summed E-state index contributed by atoms with van der Waals surface area (Å²) in [4.78, 5) is 11.3. The Balaban J connectivity index is 2.58. The molecule has 0 saturated carbocycles. The van der Waals surface area contributed by atoms with E-state index in [1.165, 1.54) is 14.0 Å². The van der Waals surface area contributed by atoms with E-state index in [9.17, 15) is 13.2 Å². The SMILES string of the molecule is COc1ccc(C(C)=O)cc1OCCCOS(=O)(=O)O. The van der Waals surface area contributed by atoms with Crippen LogP contribution in [0.25, 0.3) is 0 Å². The molecule has 1 N–H and O–H groups in total. The van der Waals surface area contributed by atoms with Crippen LogP contribution in [0.5, 0.6) is 11.5 Å². The van der Waals surface area contributed by atoms with Crippen molar-refractivity contribution in [2.24, 2.45) is 0 Å². The van der Waals surface area contributed by atoms with Crippen LogP contribution in [0.1, 0.15) is 23.7 Å². The number of Topliss-reactive ketones (excluding diaryl/α,β-unsaturated/α-hetero) is 1. The van der Waals surface area contributed by atoms with E-state index in [-0.39, 0.29) is 25.4 Å². The van der Waals surface area contributed by atoms with Crippen molar-refractivity contribution in [3.8, 4) is 11.5 Å². The molecule has 0 saturated heterocycles. The molecule has 0 amide bonds. The zero-order valence-electron chi connectivity index (χ0n) is 11.2. The van der Waals surface area contributed by atoms with Crippen LogP contribution in [0.3, 0.4) is 0 Å². The lowest BCUT2D eigenvalue weighted by atomic mass is 10.1. The van der Waals surface area contributed by atoms with Crippen molar-refractivity contribution in [3.63, 3.8) is 0 Å². The van der Waals surface area contributed by atoms with Gasteiger partial charge in [0.05, 0.1) is 20.3 Å². The fraction of sp³-hybridized carbons (Fsp3) is 0.417. The number of hydrogen-bond donors (Lipinski definition) is 1. The minimum atomic E-state index is -4.42. The average Bonchev–Trinajstić information content (AvgIpc) is 2.36. The van der Waals surface area contributed by atoms with E-state index >= 15 is 0 Å². The summed E-state index contributed by atoms with van der Waals surface area (Å²) in [5, 5.41) is 0. The van der Waals surface area contributed by atoms with Gasteiger partial charge in [-0.1, -0.05) is 0 Å². The third-order valence-corrected chi connectivity index (χ3v) is 2.81. The van der Waals surface area contributed by atoms with E-state index in [0.29, 0.717) is 17.1 Å². The summed E-state index contributed by atoms with van der Waals surface area (Å²) in [6, 6.07) is 4.78. The molecule has 0 unspecified atom stereocenters. The number of rotatable bonds is 8. The summed E-state index contributed by atoms with van der Waals surface area (Å²) < 4.78 is 43.6. The summed E-state index contributed by atoms with van der Waals surface area (Å²) in [6.07, 6.45) is 0.243. The van der Waals surface area contributed by atoms with Gasteiger partial charge >= 0.3 is 10.4 Å². The minimum Gasteiger partial charge on any atom is -0.493 e. The number of benzene rings is 1. The van der Waals surface area contributed by atoms with Gasteiger partial charge in [0.25, 0.3) is 0 Å². The van der Waals surface area contributed by atoms with Crippen molar-refractivity contribution >= 4 is 16.2 Å². The molecule has 0 heterocycles. The number of carbonyl (C=O) groups is 1. The third kappa shape index (κ3) is 5.55. The fourth-order valence-electron chi connectivity index (χ4n) is 1.41. The molecule has 20 heavy (non-hydrogen) atoms. The van der Waals surface area contributed by atoms with Gasteiger partial charge in [0.1, 0.15) is 0 Å². The van der Waals surface area contributed by atoms with Crippen LogP contribution in [0.4, 0.5) is 0 Å². The smallest absolute Gasteiger partial charge is 0.397 e. The average molecular weight is 304 g/mol. The minimum absolute atomic E-state index is 0.104. The Kier molecular flexibility index (Phi) is 5.93. The van der Waals surface area contributed by atoms with Crippen LogP contribution in [0, 0.1) is 0 Å². The molecule has 0 radical (unpaired) electrons. The van der Waals surface area contributed by atoms with Crippen molar-refractivity contribution in [3.05, 3.63) is 23.8 Å². The molecule has 0 spiro atoms. The van der Waals surface area contributed by atoms with Crippen molar-refractivity contribution in [1.29, 1.82) is 0 Å². The van der Waals surface area contributed by atoms with E-state index in [0.717, 1.165) is 0 Å². The Morgan fingerprint density at radius 2 is 1.95 bits per heavy atom. The van der Waals surface area contributed by atoms with Gasteiger partial charge in [0, 0.05) is 12.0 Å². The monoisotopic (exact) mass is 304 g/mol. The van der Waals surface area contributed by atoms with Gasteiger partial charge in [-0.3, -0.25) is 9.35 Å². The second-order valence-electron chi connectivity index (χ2n) is 3.87. The molecule has 0 bridgehead atoms. The topological polar surface area (TPSA) is 99.1 Å². The van der Waals surface area contributed by atoms with Crippen molar-refractivity contribution in [1.82, 2.24) is 0 Å². The normalized spacial score (nSPS) is 11.2. The molecular formula is C12H16O7S. The van der Waals surface area contributed by atoms with Crippen LogP contribution in [0.15, 0.2) is 18.2 Å². The van der Waals surface area contributed by atoms with Crippen LogP contribution < -0.4 is 9.47 Å². The molecule has 112 valence electrons. The molecule has 0 aliphatic heterocycles. The maximum absolute atomic E-state index is 11.3. The van der Waals surface area contributed by atoms with E-state index in [4.69, 9.17) is 14.0 Å². The van der Waals surface area contributed by atoms with Crippen LogP contribution in [-0.4, -0.2) is 39.1 Å². The Bertz CT molecular complexity index is 565. The molecule has 8 heteroatoms. The molecule has 0 atom stereocenters. The maximum atomic E-state index is 11.3. The first-order valence-electron chi connectivity index (χ1n) is 5.77. The summed E-state index contributed by atoms with van der Waals surface area (Å²) in [6.45, 7) is 1.38. The van der Waals surface area contributed by atoms with Gasteiger partial charge in [-0.05, 0) is 25.1 Å². The van der Waals surface area contributed by atoms with E-state index in [1.54, 1.807) is 18.2 Å². The van der Waals surface area contributed by atoms with Crippen molar-refractivity contribution < 1.29 is 31.4 Å². The van der Waals surface area contributed by atoms with Crippen molar-refractivity contribution in [2.45, 2.75) is 13.3 Å². The second kappa shape index (κ2) is 7.22. The van der Waals surface area contributed by atoms with Crippen LogP contribution in [-0.2, 0) is 14.6 Å². The number of ketones is 1. The molecule has 0 fully saturated rings. The zero-order valence-corrected chi connectivity index (χ0v) is 12.0. The summed E-state index contributed by atoms with van der Waals surface area (Å²) in [7, 11) is -2.96. The van der Waals surface area contributed by atoms with Gasteiger partial charge < -0.3 is 9.47 Å². The highest BCUT2D eigenvalue weighted by molar-refractivity contribution is 7.80. The third-order valence-electron chi connectivity index (χ3n) is 2.35. The van der Waals surface area contributed by atoms with Gasteiger partial charge in [0.2, 0.25) is 0 Å². The summed E-state index contributed by atoms with van der Waals surface area (Å²) >= 11 is 0. The Morgan fingerprint density at radius 1 is 1.25 bits per heavy atom. The maximum Gasteiger partial charge on any atom is 0.397 e. The fourth-order valence-corrected chi connectivity index (χ4v) is 1.74. The molecule has 0 aliphatic carbocycles. The van der Waals surface area contributed by atoms with Crippen molar-refractivity contribution in [2.75, 3.05) is 20.3 Å². The van der Waals surface area contributed by atoms with Gasteiger partial charge in [-0.25, -0.2) is 4.18 Å². The molecule has 7 nitrogen and oxygen atoms in total. The zero-order chi connectivity index (χ0) is 15.2. The van der Waals surface area contributed by atoms with Gasteiger partial charge in [0.15, 0.2) is 17.3 Å². The standard InChI is InChI=1S/C12H16O7S/c1-9(13)10-4-5-11(17-2)12(8-10)18-6-3-7-19-20(14,15)16/h4-5,8H,3,6-7H2,1-2H3,(H,14,15,16). The number of carbonyl (C=O) groups excluding carboxylic acids is 1. The molecule has 1 rings (SSSR count). The highest BCUT2D eigenvalue weighted by Crippen LogP contribution is 2.28. The van der Waals surface area contributed by atoms with E-state index in [1.807, 2.05) is 0 Å². The Labute approximate surface area is 117 Å². The lowest BCUT2D eigenvalue weighted by Gasteiger charge is -2.11. The molecule has 0 aromatic heterocycles. The predicted molar refractivity (Wildman–Crippen MR) is 70.6 cm³/mol. The Morgan fingerprint density at radius 3 is 2.50 bits per heavy atom. The van der Waals surface area contributed by atoms with Crippen LogP contribution in [0.2, 0.25) is 0 Å². The molecule has 1 aromatic carbocycles. The predicted octanol–water partition coefficient (Wildman–Crippen LogP) is 1.49. The summed E-state index contributed by atoms with van der Waals surface area (Å²) in [5.74, 6) is 0.741. The Hall–Kier alpha value is -1.64. The molecular weight excluding hydrogens is 288 g/mol. The largest absolute Gasteiger partial charge is 0.493 e. The van der Waals surface area contributed by atoms with Gasteiger partial charge in [-0.2, -0.15) is 8.42 Å². The number of methoxy groups -OCH3 is 1. The lowest BCUT2D eigenvalue weighted by Crippen LogP contribution is -2.08. The molecule has 1 aromatic rings. The lowest BCUT2D eigenvalue weighted by molar-refractivity contribution is 0.101. The number of hydrogen-bond acceptors (Lipinski definition) is 6. The molecule has 0 aliphatic rings. The first-order valence-corrected chi connectivity index (χ1v) is 7.13. The van der Waals surface area contributed by atoms with E-state index in [2.05, 4.69) is 4.18 Å². The van der Waals surface area contributed by atoms with E-state index < -0.39 is 10.4 Å². The quantitative estimate of drug-likeness (QED) is 0.441. The second-order valence-corrected chi connectivity index (χ2v) is 4.96. The first kappa shape index (κ1) is 16.4. The highest BCUT2D eigenvalue weighted by atomic mass is 32.3. The summed E-state index contributed by atoms with van der Waals surface area (Å²) in [5.41, 5.74) is 0.481. The first-order chi connectivity index (χ1) is 9.33. The highest BCUT2D eigenvalue weighted by Gasteiger charge is 2.09. The van der Waals surface area contributed by atoms with Crippen LogP contribution >= 0.6 is 0 Å².